The molecule has 0 amide bonds. The summed E-state index contributed by atoms with van der Waals surface area (Å²) in [6.07, 6.45) is -1.41. The normalized spacial score (nSPS) is 11.0. The van der Waals surface area contributed by atoms with Crippen LogP contribution >= 0.6 is 27.5 Å². The van der Waals surface area contributed by atoms with Crippen LogP contribution in [-0.2, 0) is 12.5 Å². The van der Waals surface area contributed by atoms with Gasteiger partial charge in [-0.3, -0.25) is 4.98 Å². The Hall–Kier alpha value is -0.260. The third-order valence-electron chi connectivity index (χ3n) is 1.75. The van der Waals surface area contributed by atoms with Crippen LogP contribution in [0.5, 0.6) is 0 Å². The van der Waals surface area contributed by atoms with Crippen LogP contribution in [0.4, 0.5) is 8.78 Å². The van der Waals surface area contributed by atoms with Gasteiger partial charge in [-0.25, -0.2) is 8.78 Å². The highest BCUT2D eigenvalue weighted by atomic mass is 79.9. The molecule has 1 rings (SSSR count). The summed E-state index contributed by atoms with van der Waals surface area (Å²) in [6.45, 7) is -0.342. The van der Waals surface area contributed by atoms with Gasteiger partial charge in [0.25, 0.3) is 6.43 Å². The average molecular weight is 287 g/mol. The summed E-state index contributed by atoms with van der Waals surface area (Å²) in [4.78, 5) is 3.56. The van der Waals surface area contributed by atoms with Gasteiger partial charge < -0.3 is 5.11 Å². The monoisotopic (exact) mass is 285 g/mol. The van der Waals surface area contributed by atoms with Crippen LogP contribution in [0.3, 0.4) is 0 Å². The van der Waals surface area contributed by atoms with Crippen LogP contribution in [0, 0.1) is 0 Å². The molecule has 0 aliphatic carbocycles. The van der Waals surface area contributed by atoms with Crippen molar-refractivity contribution in [1.29, 1.82) is 0 Å². The second kappa shape index (κ2) is 5.00. The zero-order valence-corrected chi connectivity index (χ0v) is 9.32. The van der Waals surface area contributed by atoms with E-state index in [1.807, 2.05) is 0 Å². The van der Waals surface area contributed by atoms with Crippen LogP contribution in [0.1, 0.15) is 23.2 Å². The lowest BCUT2D eigenvalue weighted by atomic mass is 10.1. The molecule has 0 spiro atoms. The molecule has 0 atom stereocenters. The largest absolute Gasteiger partial charge is 0.392 e. The van der Waals surface area contributed by atoms with E-state index in [-0.39, 0.29) is 22.7 Å². The first-order valence-corrected chi connectivity index (χ1v) is 5.05. The van der Waals surface area contributed by atoms with E-state index < -0.39 is 6.43 Å². The van der Waals surface area contributed by atoms with Crippen molar-refractivity contribution in [3.05, 3.63) is 27.5 Å². The van der Waals surface area contributed by atoms with Crippen molar-refractivity contribution in [2.24, 2.45) is 0 Å². The van der Waals surface area contributed by atoms with E-state index in [1.165, 1.54) is 6.20 Å². The van der Waals surface area contributed by atoms with Gasteiger partial charge in [0.1, 0.15) is 5.69 Å². The quantitative estimate of drug-likeness (QED) is 0.867. The molecule has 1 aromatic heterocycles. The van der Waals surface area contributed by atoms with Gasteiger partial charge in [0.15, 0.2) is 0 Å². The smallest absolute Gasteiger partial charge is 0.281 e. The van der Waals surface area contributed by atoms with E-state index in [2.05, 4.69) is 20.9 Å². The van der Waals surface area contributed by atoms with E-state index in [4.69, 9.17) is 16.7 Å². The van der Waals surface area contributed by atoms with E-state index in [0.717, 1.165) is 0 Å². The van der Waals surface area contributed by atoms with Crippen molar-refractivity contribution in [1.82, 2.24) is 4.98 Å². The van der Waals surface area contributed by atoms with Crippen LogP contribution in [0.15, 0.2) is 10.7 Å². The van der Waals surface area contributed by atoms with E-state index >= 15 is 0 Å². The number of aliphatic hydroxyl groups excluding tert-OH is 1. The molecule has 0 aromatic carbocycles. The summed E-state index contributed by atoms with van der Waals surface area (Å²) in [5, 5.41) is 8.98. The number of aliphatic hydroxyl groups is 1. The SMILES string of the molecule is OCc1c(CCl)cnc(C(F)F)c1Br. The van der Waals surface area contributed by atoms with Gasteiger partial charge in [0.05, 0.1) is 11.1 Å². The summed E-state index contributed by atoms with van der Waals surface area (Å²) in [5.74, 6) is 0.130. The van der Waals surface area contributed by atoms with Crippen molar-refractivity contribution in [2.45, 2.75) is 18.9 Å². The maximum absolute atomic E-state index is 12.4. The Labute approximate surface area is 93.0 Å². The number of rotatable bonds is 3. The van der Waals surface area contributed by atoms with Gasteiger partial charge in [-0.2, -0.15) is 0 Å². The molecule has 0 saturated carbocycles. The zero-order valence-electron chi connectivity index (χ0n) is 6.98. The van der Waals surface area contributed by atoms with E-state index in [0.29, 0.717) is 11.1 Å². The summed E-state index contributed by atoms with van der Waals surface area (Å²) < 4.78 is 24.9. The first-order chi connectivity index (χ1) is 6.61. The van der Waals surface area contributed by atoms with E-state index in [1.54, 1.807) is 0 Å². The second-order valence-corrected chi connectivity index (χ2v) is 3.61. The summed E-state index contributed by atoms with van der Waals surface area (Å²) in [6, 6.07) is 0. The number of alkyl halides is 3. The van der Waals surface area contributed by atoms with Crippen molar-refractivity contribution < 1.29 is 13.9 Å². The third kappa shape index (κ3) is 2.21. The molecule has 14 heavy (non-hydrogen) atoms. The van der Waals surface area contributed by atoms with Gasteiger partial charge in [-0.05, 0) is 27.1 Å². The molecule has 1 heterocycles. The second-order valence-electron chi connectivity index (χ2n) is 2.55. The average Bonchev–Trinajstić information content (AvgIpc) is 2.16. The molecule has 0 saturated heterocycles. The molecule has 1 aromatic rings. The fourth-order valence-electron chi connectivity index (χ4n) is 1.02. The molecular weight excluding hydrogens is 279 g/mol. The first-order valence-electron chi connectivity index (χ1n) is 3.73. The molecule has 2 nitrogen and oxygen atoms in total. The summed E-state index contributed by atoms with van der Waals surface area (Å²) >= 11 is 8.53. The zero-order chi connectivity index (χ0) is 10.7. The van der Waals surface area contributed by atoms with Gasteiger partial charge in [0, 0.05) is 12.1 Å². The Morgan fingerprint density at radius 3 is 2.64 bits per heavy atom. The number of hydrogen-bond donors (Lipinski definition) is 1. The number of pyridine rings is 1. The van der Waals surface area contributed by atoms with Gasteiger partial charge in [0.2, 0.25) is 0 Å². The maximum atomic E-state index is 12.4. The number of nitrogens with zero attached hydrogens (tertiary/aromatic N) is 1. The van der Waals surface area contributed by atoms with Gasteiger partial charge in [-0.15, -0.1) is 11.6 Å². The Balaban J connectivity index is 3.27. The molecule has 6 heteroatoms. The molecule has 0 unspecified atom stereocenters. The predicted octanol–water partition coefficient (Wildman–Crippen LogP) is 3.01. The van der Waals surface area contributed by atoms with Crippen molar-refractivity contribution in [3.63, 3.8) is 0 Å². The Bertz CT molecular complexity index is 335. The summed E-state index contributed by atoms with van der Waals surface area (Å²) in [7, 11) is 0. The lowest BCUT2D eigenvalue weighted by Gasteiger charge is -2.10. The molecule has 0 fully saturated rings. The number of halogens is 4. The molecule has 78 valence electrons. The Kier molecular flexibility index (Phi) is 4.22. The molecule has 1 N–H and O–H groups in total. The van der Waals surface area contributed by atoms with Gasteiger partial charge >= 0.3 is 0 Å². The molecule has 0 aliphatic heterocycles. The first kappa shape index (κ1) is 11.8. The fourth-order valence-corrected chi connectivity index (χ4v) is 1.90. The van der Waals surface area contributed by atoms with Crippen molar-refractivity contribution in [2.75, 3.05) is 0 Å². The highest BCUT2D eigenvalue weighted by molar-refractivity contribution is 9.10. The molecular formula is C8H7BrClF2NO. The molecule has 0 bridgehead atoms. The summed E-state index contributed by atoms with van der Waals surface area (Å²) in [5.41, 5.74) is 0.540. The standard InChI is InChI=1S/C8H7BrClF2NO/c9-6-5(3-14)4(1-10)2-13-7(6)8(11)12/h2,8,14H,1,3H2. The fraction of sp³-hybridized carbons (Fsp3) is 0.375. The minimum Gasteiger partial charge on any atom is -0.392 e. The minimum atomic E-state index is -2.67. The van der Waals surface area contributed by atoms with Crippen LogP contribution in [-0.4, -0.2) is 10.1 Å². The highest BCUT2D eigenvalue weighted by Gasteiger charge is 2.18. The van der Waals surface area contributed by atoms with Crippen molar-refractivity contribution in [3.8, 4) is 0 Å². The lowest BCUT2D eigenvalue weighted by Crippen LogP contribution is -2.01. The lowest BCUT2D eigenvalue weighted by molar-refractivity contribution is 0.144. The van der Waals surface area contributed by atoms with Crippen molar-refractivity contribution >= 4 is 27.5 Å². The van der Waals surface area contributed by atoms with Crippen LogP contribution < -0.4 is 0 Å². The van der Waals surface area contributed by atoms with Gasteiger partial charge in [-0.1, -0.05) is 0 Å². The predicted molar refractivity (Wildman–Crippen MR) is 52.4 cm³/mol. The van der Waals surface area contributed by atoms with Crippen LogP contribution in [0.25, 0.3) is 0 Å². The minimum absolute atomic E-state index is 0.130. The van der Waals surface area contributed by atoms with E-state index in [9.17, 15) is 8.78 Å². The Morgan fingerprint density at radius 2 is 2.21 bits per heavy atom. The number of hydrogen-bond acceptors (Lipinski definition) is 2. The molecule has 0 aliphatic rings. The number of aromatic nitrogens is 1. The third-order valence-corrected chi connectivity index (χ3v) is 2.92. The molecule has 0 radical (unpaired) electrons. The topological polar surface area (TPSA) is 33.1 Å². The maximum Gasteiger partial charge on any atom is 0.281 e. The Morgan fingerprint density at radius 1 is 1.57 bits per heavy atom. The van der Waals surface area contributed by atoms with Crippen LogP contribution in [0.2, 0.25) is 0 Å². The highest BCUT2D eigenvalue weighted by Crippen LogP contribution is 2.30.